The lowest BCUT2D eigenvalue weighted by molar-refractivity contribution is 0.394. The minimum atomic E-state index is -0.117. The molecule has 24 heavy (non-hydrogen) atoms. The lowest BCUT2D eigenvalue weighted by Crippen LogP contribution is -2.07. The van der Waals surface area contributed by atoms with Gasteiger partial charge < -0.3 is 14.0 Å². The Kier molecular flexibility index (Phi) is 4.39. The Morgan fingerprint density at radius 1 is 1.12 bits per heavy atom. The highest BCUT2D eigenvalue weighted by atomic mass is 16.5. The summed E-state index contributed by atoms with van der Waals surface area (Å²) in [6.45, 7) is 2.48. The van der Waals surface area contributed by atoms with Crippen LogP contribution in [0.25, 0.3) is 22.4 Å². The average Bonchev–Trinajstić information content (AvgIpc) is 2.99. The molecule has 1 aromatic heterocycles. The average molecular weight is 321 g/mol. The predicted octanol–water partition coefficient (Wildman–Crippen LogP) is 3.88. The number of imidazole rings is 1. The molecule has 0 saturated carbocycles. The Bertz CT molecular complexity index is 886. The van der Waals surface area contributed by atoms with Crippen molar-refractivity contribution >= 4 is 11.0 Å². The number of ether oxygens (including phenoxy) is 2. The smallest absolute Gasteiger partial charge is 0.141 e. The van der Waals surface area contributed by atoms with Crippen LogP contribution in [-0.2, 0) is 6.54 Å². The zero-order valence-electron chi connectivity index (χ0n) is 14.0. The molecule has 0 saturated heterocycles. The fourth-order valence-corrected chi connectivity index (χ4v) is 2.73. The molecule has 3 aromatic rings. The lowest BCUT2D eigenvalue weighted by atomic mass is 10.1. The van der Waals surface area contributed by atoms with Crippen molar-refractivity contribution in [1.29, 1.82) is 5.26 Å². The molecule has 1 heterocycles. The van der Waals surface area contributed by atoms with Gasteiger partial charge in [0.15, 0.2) is 0 Å². The largest absolute Gasteiger partial charge is 0.497 e. The quantitative estimate of drug-likeness (QED) is 0.715. The Morgan fingerprint density at radius 2 is 1.79 bits per heavy atom. The molecule has 0 N–H and O–H groups in total. The van der Waals surface area contributed by atoms with Crippen molar-refractivity contribution < 1.29 is 9.47 Å². The van der Waals surface area contributed by atoms with Gasteiger partial charge in [-0.1, -0.05) is 12.1 Å². The van der Waals surface area contributed by atoms with Crippen LogP contribution in [0.2, 0.25) is 0 Å². The van der Waals surface area contributed by atoms with E-state index in [0.717, 1.165) is 22.4 Å². The maximum atomic E-state index is 9.21. The fraction of sp³-hybridized carbons (Fsp3) is 0.263. The van der Waals surface area contributed by atoms with Crippen molar-refractivity contribution in [3.63, 3.8) is 0 Å². The molecule has 0 spiro atoms. The number of hydrogen-bond donors (Lipinski definition) is 0. The summed E-state index contributed by atoms with van der Waals surface area (Å²) in [4.78, 5) is 4.76. The van der Waals surface area contributed by atoms with Crippen LogP contribution in [0, 0.1) is 17.2 Å². The lowest BCUT2D eigenvalue weighted by Gasteiger charge is -2.12. The summed E-state index contributed by atoms with van der Waals surface area (Å²) in [6.07, 6.45) is 0. The van der Waals surface area contributed by atoms with Crippen LogP contribution in [0.1, 0.15) is 6.92 Å². The normalized spacial score (nSPS) is 11.9. The van der Waals surface area contributed by atoms with Crippen LogP contribution < -0.4 is 9.47 Å². The number of para-hydroxylation sites is 2. The monoisotopic (exact) mass is 321 g/mol. The zero-order chi connectivity index (χ0) is 17.1. The minimum absolute atomic E-state index is 0.117. The van der Waals surface area contributed by atoms with Crippen molar-refractivity contribution in [2.24, 2.45) is 5.92 Å². The number of nitrogens with zero attached hydrogens (tertiary/aromatic N) is 3. The van der Waals surface area contributed by atoms with E-state index in [-0.39, 0.29) is 5.92 Å². The maximum Gasteiger partial charge on any atom is 0.141 e. The van der Waals surface area contributed by atoms with Gasteiger partial charge in [0.25, 0.3) is 0 Å². The molecule has 122 valence electrons. The molecule has 0 radical (unpaired) electrons. The van der Waals surface area contributed by atoms with Crippen LogP contribution in [-0.4, -0.2) is 23.8 Å². The van der Waals surface area contributed by atoms with Crippen molar-refractivity contribution in [1.82, 2.24) is 9.55 Å². The SMILES string of the molecule is COc1cc(OC)cc(-c2nc3ccccc3n2CC(C)C#N)c1. The van der Waals surface area contributed by atoms with Crippen molar-refractivity contribution in [3.8, 4) is 29.0 Å². The number of fused-ring (bicyclic) bond motifs is 1. The highest BCUT2D eigenvalue weighted by molar-refractivity contribution is 5.81. The van der Waals surface area contributed by atoms with Gasteiger partial charge in [0.05, 0.1) is 37.2 Å². The Hall–Kier alpha value is -3.00. The van der Waals surface area contributed by atoms with Gasteiger partial charge in [0.1, 0.15) is 17.3 Å². The van der Waals surface area contributed by atoms with Gasteiger partial charge in [-0.25, -0.2) is 4.98 Å². The molecule has 0 aliphatic carbocycles. The van der Waals surface area contributed by atoms with Crippen molar-refractivity contribution in [2.45, 2.75) is 13.5 Å². The molecule has 1 unspecified atom stereocenters. The first-order valence-corrected chi connectivity index (χ1v) is 7.74. The van der Waals surface area contributed by atoms with E-state index in [1.165, 1.54) is 0 Å². The molecule has 0 fully saturated rings. The van der Waals surface area contributed by atoms with Gasteiger partial charge in [-0.3, -0.25) is 0 Å². The summed E-state index contributed by atoms with van der Waals surface area (Å²) >= 11 is 0. The Morgan fingerprint density at radius 3 is 2.42 bits per heavy atom. The number of nitriles is 1. The molecule has 0 aliphatic rings. The molecule has 5 heteroatoms. The van der Waals surface area contributed by atoms with E-state index in [1.54, 1.807) is 14.2 Å². The summed E-state index contributed by atoms with van der Waals surface area (Å²) in [6, 6.07) is 15.9. The molecule has 2 aromatic carbocycles. The Labute approximate surface area is 141 Å². The van der Waals surface area contributed by atoms with E-state index in [1.807, 2.05) is 49.4 Å². The van der Waals surface area contributed by atoms with E-state index in [2.05, 4.69) is 10.6 Å². The van der Waals surface area contributed by atoms with Gasteiger partial charge in [-0.15, -0.1) is 0 Å². The molecular formula is C19H19N3O2. The number of benzene rings is 2. The second-order valence-electron chi connectivity index (χ2n) is 5.67. The van der Waals surface area contributed by atoms with Gasteiger partial charge in [0, 0.05) is 18.2 Å². The second-order valence-corrected chi connectivity index (χ2v) is 5.67. The van der Waals surface area contributed by atoms with Gasteiger partial charge in [-0.05, 0) is 31.2 Å². The van der Waals surface area contributed by atoms with Gasteiger partial charge in [0.2, 0.25) is 0 Å². The molecule has 0 amide bonds. The van der Waals surface area contributed by atoms with Crippen LogP contribution in [0.5, 0.6) is 11.5 Å². The van der Waals surface area contributed by atoms with Gasteiger partial charge in [-0.2, -0.15) is 5.26 Å². The van der Waals surface area contributed by atoms with Crippen LogP contribution in [0.4, 0.5) is 0 Å². The van der Waals surface area contributed by atoms with E-state index >= 15 is 0 Å². The van der Waals surface area contributed by atoms with E-state index in [9.17, 15) is 5.26 Å². The predicted molar refractivity (Wildman–Crippen MR) is 93.1 cm³/mol. The summed E-state index contributed by atoms with van der Waals surface area (Å²) in [7, 11) is 3.25. The number of rotatable bonds is 5. The second kappa shape index (κ2) is 6.63. The molecule has 1 atom stereocenters. The van der Waals surface area contributed by atoms with Crippen molar-refractivity contribution in [3.05, 3.63) is 42.5 Å². The van der Waals surface area contributed by atoms with E-state index < -0.39 is 0 Å². The molecular weight excluding hydrogens is 302 g/mol. The molecule has 5 nitrogen and oxygen atoms in total. The number of hydrogen-bond acceptors (Lipinski definition) is 4. The number of methoxy groups -OCH3 is 2. The van der Waals surface area contributed by atoms with Crippen LogP contribution in [0.15, 0.2) is 42.5 Å². The first-order chi connectivity index (χ1) is 11.7. The first kappa shape index (κ1) is 15.9. The fourth-order valence-electron chi connectivity index (χ4n) is 2.73. The molecule has 0 bridgehead atoms. The summed E-state index contributed by atoms with van der Waals surface area (Å²) in [5.41, 5.74) is 2.81. The number of aromatic nitrogens is 2. The summed E-state index contributed by atoms with van der Waals surface area (Å²) < 4.78 is 12.8. The Balaban J connectivity index is 2.22. The van der Waals surface area contributed by atoms with Crippen LogP contribution >= 0.6 is 0 Å². The molecule has 3 rings (SSSR count). The highest BCUT2D eigenvalue weighted by Crippen LogP contribution is 2.32. The topological polar surface area (TPSA) is 60.1 Å². The summed E-state index contributed by atoms with van der Waals surface area (Å²) in [5, 5.41) is 9.21. The third-order valence-corrected chi connectivity index (χ3v) is 3.94. The minimum Gasteiger partial charge on any atom is -0.497 e. The van der Waals surface area contributed by atoms with Crippen LogP contribution in [0.3, 0.4) is 0 Å². The zero-order valence-corrected chi connectivity index (χ0v) is 14.0. The standard InChI is InChI=1S/C19H19N3O2/c1-13(11-20)12-22-18-7-5-4-6-17(18)21-19(22)14-8-15(23-2)10-16(9-14)24-3/h4-10,13H,12H2,1-3H3. The van der Waals surface area contributed by atoms with E-state index in [4.69, 9.17) is 14.5 Å². The van der Waals surface area contributed by atoms with Gasteiger partial charge >= 0.3 is 0 Å². The first-order valence-electron chi connectivity index (χ1n) is 7.74. The highest BCUT2D eigenvalue weighted by Gasteiger charge is 2.16. The third-order valence-electron chi connectivity index (χ3n) is 3.94. The molecule has 0 aliphatic heterocycles. The van der Waals surface area contributed by atoms with E-state index in [0.29, 0.717) is 18.0 Å². The van der Waals surface area contributed by atoms with Crippen molar-refractivity contribution in [2.75, 3.05) is 14.2 Å². The summed E-state index contributed by atoms with van der Waals surface area (Å²) in [5.74, 6) is 2.09. The third kappa shape index (κ3) is 2.91. The maximum absolute atomic E-state index is 9.21.